The lowest BCUT2D eigenvalue weighted by atomic mass is 10.1. The van der Waals surface area contributed by atoms with Crippen LogP contribution in [0.1, 0.15) is 39.5 Å². The predicted octanol–water partition coefficient (Wildman–Crippen LogP) is 2.21. The second-order valence-electron chi connectivity index (χ2n) is 3.86. The van der Waals surface area contributed by atoms with Crippen LogP contribution in [0.2, 0.25) is 0 Å². The van der Waals surface area contributed by atoms with E-state index in [0.29, 0.717) is 6.04 Å². The number of hydrogen-bond donors (Lipinski definition) is 1. The smallest absolute Gasteiger partial charge is 0.0615 e. The molecule has 1 atom stereocenters. The van der Waals surface area contributed by atoms with E-state index in [-0.39, 0.29) is 0 Å². The molecule has 1 N–H and O–H groups in total. The van der Waals surface area contributed by atoms with Crippen LogP contribution in [0.5, 0.6) is 0 Å². The van der Waals surface area contributed by atoms with Crippen LogP contribution in [0.25, 0.3) is 0 Å². The van der Waals surface area contributed by atoms with Crippen LogP contribution in [0, 0.1) is 0 Å². The lowest BCUT2D eigenvalue weighted by Gasteiger charge is -2.17. The quantitative estimate of drug-likeness (QED) is 0.538. The van der Waals surface area contributed by atoms with E-state index in [1.807, 2.05) is 0 Å². The highest BCUT2D eigenvalue weighted by atomic mass is 16.5. The molecular weight excluding hydrogens is 190 g/mol. The average Bonchev–Trinajstić information content (AvgIpc) is 2.25. The molecule has 0 bridgehead atoms. The summed E-state index contributed by atoms with van der Waals surface area (Å²) in [7, 11) is 1.76. The molecule has 0 aromatic rings. The maximum atomic E-state index is 5.45. The van der Waals surface area contributed by atoms with Gasteiger partial charge < -0.3 is 14.8 Å². The van der Waals surface area contributed by atoms with Crippen molar-refractivity contribution in [1.82, 2.24) is 5.32 Å². The lowest BCUT2D eigenvalue weighted by Crippen LogP contribution is -2.34. The molecule has 92 valence electrons. The summed E-state index contributed by atoms with van der Waals surface area (Å²) in [5, 5.41) is 3.48. The maximum absolute atomic E-state index is 5.45. The Labute approximate surface area is 94.5 Å². The van der Waals surface area contributed by atoms with E-state index in [1.165, 1.54) is 6.42 Å². The van der Waals surface area contributed by atoms with Gasteiger partial charge in [0.15, 0.2) is 0 Å². The summed E-state index contributed by atoms with van der Waals surface area (Å²) in [4.78, 5) is 0. The fourth-order valence-corrected chi connectivity index (χ4v) is 1.47. The highest BCUT2D eigenvalue weighted by molar-refractivity contribution is 4.65. The zero-order valence-corrected chi connectivity index (χ0v) is 10.6. The largest absolute Gasteiger partial charge is 0.383 e. The Hall–Kier alpha value is -0.120. The minimum absolute atomic E-state index is 0.486. The molecule has 3 nitrogen and oxygen atoms in total. The van der Waals surface area contributed by atoms with Gasteiger partial charge in [0.25, 0.3) is 0 Å². The second kappa shape index (κ2) is 12.0. The molecule has 0 aliphatic carbocycles. The van der Waals surface area contributed by atoms with E-state index in [1.54, 1.807) is 7.11 Å². The number of hydrogen-bond acceptors (Lipinski definition) is 3. The topological polar surface area (TPSA) is 30.5 Å². The van der Waals surface area contributed by atoms with Gasteiger partial charge in [-0.05, 0) is 32.2 Å². The molecule has 0 aromatic heterocycles. The summed E-state index contributed by atoms with van der Waals surface area (Å²) >= 11 is 0. The third-order valence-corrected chi connectivity index (χ3v) is 2.24. The number of ether oxygens (including phenoxy) is 2. The first-order valence-corrected chi connectivity index (χ1v) is 6.15. The first-order chi connectivity index (χ1) is 7.35. The van der Waals surface area contributed by atoms with E-state index < -0.39 is 0 Å². The monoisotopic (exact) mass is 217 g/mol. The van der Waals surface area contributed by atoms with Crippen molar-refractivity contribution in [3.63, 3.8) is 0 Å². The molecular formula is C12H27NO2. The second-order valence-corrected chi connectivity index (χ2v) is 3.86. The molecule has 15 heavy (non-hydrogen) atoms. The zero-order chi connectivity index (χ0) is 11.4. The Morgan fingerprint density at radius 2 is 1.93 bits per heavy atom. The predicted molar refractivity (Wildman–Crippen MR) is 64.3 cm³/mol. The molecule has 0 amide bonds. The molecule has 0 saturated heterocycles. The van der Waals surface area contributed by atoms with Gasteiger partial charge in [-0.25, -0.2) is 0 Å². The van der Waals surface area contributed by atoms with Crippen molar-refractivity contribution < 1.29 is 9.47 Å². The van der Waals surface area contributed by atoms with Crippen molar-refractivity contribution in [3.05, 3.63) is 0 Å². The summed E-state index contributed by atoms with van der Waals surface area (Å²) in [6, 6.07) is 0.486. The van der Waals surface area contributed by atoms with E-state index in [9.17, 15) is 0 Å². The van der Waals surface area contributed by atoms with E-state index in [2.05, 4.69) is 19.2 Å². The lowest BCUT2D eigenvalue weighted by molar-refractivity contribution is 0.119. The van der Waals surface area contributed by atoms with Gasteiger partial charge in [-0.15, -0.1) is 0 Å². The first-order valence-electron chi connectivity index (χ1n) is 6.15. The van der Waals surface area contributed by atoms with E-state index in [4.69, 9.17) is 9.47 Å². The van der Waals surface area contributed by atoms with E-state index in [0.717, 1.165) is 45.6 Å². The van der Waals surface area contributed by atoms with Gasteiger partial charge >= 0.3 is 0 Å². The van der Waals surface area contributed by atoms with Crippen LogP contribution in [0.4, 0.5) is 0 Å². The minimum Gasteiger partial charge on any atom is -0.383 e. The van der Waals surface area contributed by atoms with Gasteiger partial charge in [0, 0.05) is 26.4 Å². The number of methoxy groups -OCH3 is 1. The Balaban J connectivity index is 3.38. The normalized spacial score (nSPS) is 13.0. The summed E-state index contributed by atoms with van der Waals surface area (Å²) in [6.07, 6.45) is 4.53. The van der Waals surface area contributed by atoms with Crippen molar-refractivity contribution in [2.45, 2.75) is 45.6 Å². The third kappa shape index (κ3) is 10.2. The van der Waals surface area contributed by atoms with Crippen LogP contribution < -0.4 is 5.32 Å². The molecule has 0 saturated carbocycles. The van der Waals surface area contributed by atoms with Gasteiger partial charge in [-0.3, -0.25) is 0 Å². The van der Waals surface area contributed by atoms with Crippen LogP contribution in [0.3, 0.4) is 0 Å². The summed E-state index contributed by atoms with van der Waals surface area (Å²) in [5.74, 6) is 0. The molecule has 0 radical (unpaired) electrons. The first kappa shape index (κ1) is 14.9. The standard InChI is InChI=1S/C12H27NO2/c1-4-8-13-12(11-14-3)7-6-10-15-9-5-2/h12-13H,4-11H2,1-3H3. The van der Waals surface area contributed by atoms with Gasteiger partial charge in [0.05, 0.1) is 6.61 Å². The number of rotatable bonds is 11. The van der Waals surface area contributed by atoms with Crippen molar-refractivity contribution in [1.29, 1.82) is 0 Å². The Bertz CT molecular complexity index is 120. The molecule has 0 fully saturated rings. The van der Waals surface area contributed by atoms with Crippen LogP contribution in [-0.4, -0.2) is 39.5 Å². The Kier molecular flexibility index (Phi) is 11.9. The Morgan fingerprint density at radius 1 is 1.13 bits per heavy atom. The molecule has 0 aliphatic rings. The van der Waals surface area contributed by atoms with Crippen LogP contribution in [0.15, 0.2) is 0 Å². The van der Waals surface area contributed by atoms with E-state index >= 15 is 0 Å². The third-order valence-electron chi connectivity index (χ3n) is 2.24. The number of nitrogens with one attached hydrogen (secondary N) is 1. The van der Waals surface area contributed by atoms with Crippen molar-refractivity contribution in [3.8, 4) is 0 Å². The van der Waals surface area contributed by atoms with Crippen molar-refractivity contribution in [2.24, 2.45) is 0 Å². The fourth-order valence-electron chi connectivity index (χ4n) is 1.47. The summed E-state index contributed by atoms with van der Waals surface area (Å²) in [5.41, 5.74) is 0. The molecule has 0 spiro atoms. The van der Waals surface area contributed by atoms with Crippen molar-refractivity contribution in [2.75, 3.05) is 33.5 Å². The highest BCUT2D eigenvalue weighted by Crippen LogP contribution is 1.99. The van der Waals surface area contributed by atoms with Crippen molar-refractivity contribution >= 4 is 0 Å². The summed E-state index contributed by atoms with van der Waals surface area (Å²) < 4.78 is 10.6. The molecule has 0 rings (SSSR count). The fraction of sp³-hybridized carbons (Fsp3) is 1.00. The molecule has 0 aromatic carbocycles. The van der Waals surface area contributed by atoms with Gasteiger partial charge in [-0.2, -0.15) is 0 Å². The summed E-state index contributed by atoms with van der Waals surface area (Å²) in [6.45, 7) is 7.95. The van der Waals surface area contributed by atoms with Crippen LogP contribution >= 0.6 is 0 Å². The van der Waals surface area contributed by atoms with Gasteiger partial charge in [0.2, 0.25) is 0 Å². The highest BCUT2D eigenvalue weighted by Gasteiger charge is 2.06. The SMILES string of the molecule is CCCNC(CCCOCCC)COC. The van der Waals surface area contributed by atoms with Gasteiger partial charge in [-0.1, -0.05) is 13.8 Å². The van der Waals surface area contributed by atoms with Gasteiger partial charge in [0.1, 0.15) is 0 Å². The molecule has 0 heterocycles. The molecule has 1 unspecified atom stereocenters. The average molecular weight is 217 g/mol. The minimum atomic E-state index is 0.486. The van der Waals surface area contributed by atoms with Crippen LogP contribution in [-0.2, 0) is 9.47 Å². The molecule has 0 aliphatic heterocycles. The maximum Gasteiger partial charge on any atom is 0.0615 e. The Morgan fingerprint density at radius 3 is 2.53 bits per heavy atom. The molecule has 3 heteroatoms. The zero-order valence-electron chi connectivity index (χ0n) is 10.6.